The van der Waals surface area contributed by atoms with Crippen LogP contribution in [-0.2, 0) is 25.7 Å². The first-order valence-electron chi connectivity index (χ1n) is 12.0. The molecule has 0 amide bonds. The Morgan fingerprint density at radius 3 is 1.34 bits per heavy atom. The molecule has 0 atom stereocenters. The molecule has 0 heterocycles. The Hall–Kier alpha value is -2.62. The predicted octanol–water partition coefficient (Wildman–Crippen LogP) is 6.33. The highest BCUT2D eigenvalue weighted by molar-refractivity contribution is 6.01. The molecule has 0 fully saturated rings. The highest BCUT2D eigenvalue weighted by atomic mass is 16.5. The second kappa shape index (κ2) is 11.3. The van der Waals surface area contributed by atoms with Crippen LogP contribution in [0.5, 0.6) is 11.5 Å². The Labute approximate surface area is 192 Å². The summed E-state index contributed by atoms with van der Waals surface area (Å²) in [5.74, 6) is 1.75. The summed E-state index contributed by atoms with van der Waals surface area (Å²) in [5.41, 5.74) is 5.55. The number of aryl methyl sites for hydroxylation is 4. The maximum absolute atomic E-state index is 13.1. The number of benzene rings is 2. The molecule has 4 bridgehead atoms. The fourth-order valence-corrected chi connectivity index (χ4v) is 4.68. The number of hydrogen-bond acceptors (Lipinski definition) is 4. The summed E-state index contributed by atoms with van der Waals surface area (Å²) in [7, 11) is 3.31. The summed E-state index contributed by atoms with van der Waals surface area (Å²) < 4.78 is 11.6. The van der Waals surface area contributed by atoms with Crippen LogP contribution in [0.15, 0.2) is 24.3 Å². The van der Waals surface area contributed by atoms with Crippen molar-refractivity contribution < 1.29 is 19.1 Å². The lowest BCUT2D eigenvalue weighted by Gasteiger charge is -2.21. The van der Waals surface area contributed by atoms with Gasteiger partial charge in [-0.25, -0.2) is 0 Å². The molecule has 0 radical (unpaired) electrons. The second-order valence-corrected chi connectivity index (χ2v) is 8.64. The van der Waals surface area contributed by atoms with Gasteiger partial charge in [-0.1, -0.05) is 51.0 Å². The molecule has 4 nitrogen and oxygen atoms in total. The minimum Gasteiger partial charge on any atom is -0.496 e. The number of ketones is 2. The van der Waals surface area contributed by atoms with Gasteiger partial charge in [-0.15, -0.1) is 0 Å². The van der Waals surface area contributed by atoms with Crippen LogP contribution in [-0.4, -0.2) is 25.8 Å². The van der Waals surface area contributed by atoms with Gasteiger partial charge in [-0.05, 0) is 60.8 Å². The first-order valence-corrected chi connectivity index (χ1v) is 12.0. The normalized spacial score (nSPS) is 12.9. The van der Waals surface area contributed by atoms with E-state index in [1.54, 1.807) is 14.2 Å². The van der Waals surface area contributed by atoms with Gasteiger partial charge < -0.3 is 9.47 Å². The van der Waals surface area contributed by atoms with E-state index >= 15 is 0 Å². The molecule has 0 unspecified atom stereocenters. The number of carbonyl (C=O) groups is 2. The molecular weight excluding hydrogens is 400 g/mol. The van der Waals surface area contributed by atoms with Crippen LogP contribution in [0.4, 0.5) is 0 Å². The van der Waals surface area contributed by atoms with E-state index in [0.29, 0.717) is 50.0 Å². The minimum atomic E-state index is 0.161. The van der Waals surface area contributed by atoms with Crippen LogP contribution in [0.25, 0.3) is 0 Å². The second-order valence-electron chi connectivity index (χ2n) is 8.64. The van der Waals surface area contributed by atoms with Crippen molar-refractivity contribution in [2.45, 2.75) is 78.1 Å². The molecule has 4 aliphatic rings. The molecule has 6 rings (SSSR count). The minimum absolute atomic E-state index is 0.161. The number of Topliss-reactive ketones (excluding diaryl/α,β-unsaturated/α-hetero) is 2. The first kappa shape index (κ1) is 24.0. The van der Waals surface area contributed by atoms with E-state index in [-0.39, 0.29) is 11.6 Å². The van der Waals surface area contributed by atoms with Crippen LogP contribution >= 0.6 is 0 Å². The molecule has 0 saturated carbocycles. The molecule has 0 spiro atoms. The van der Waals surface area contributed by atoms with E-state index in [2.05, 4.69) is 38.1 Å². The molecule has 0 aromatic heterocycles. The van der Waals surface area contributed by atoms with Crippen molar-refractivity contribution in [2.24, 2.45) is 0 Å². The van der Waals surface area contributed by atoms with Crippen molar-refractivity contribution in [3.05, 3.63) is 57.6 Å². The smallest absolute Gasteiger partial charge is 0.166 e. The Morgan fingerprint density at radius 2 is 1.00 bits per heavy atom. The zero-order chi connectivity index (χ0) is 23.1. The topological polar surface area (TPSA) is 52.6 Å². The average molecular weight is 437 g/mol. The molecule has 0 saturated heterocycles. The number of ether oxygens (including phenoxy) is 2. The number of rotatable bonds is 10. The van der Waals surface area contributed by atoms with Gasteiger partial charge >= 0.3 is 0 Å². The van der Waals surface area contributed by atoms with Crippen molar-refractivity contribution in [1.82, 2.24) is 0 Å². The lowest BCUT2D eigenvalue weighted by atomic mass is 9.86. The number of methoxy groups -OCH3 is 2. The summed E-state index contributed by atoms with van der Waals surface area (Å²) >= 11 is 0. The monoisotopic (exact) mass is 436 g/mol. The van der Waals surface area contributed by atoms with Gasteiger partial charge in [0.2, 0.25) is 0 Å². The molecular formula is C28H36O4. The van der Waals surface area contributed by atoms with Crippen LogP contribution in [0.1, 0.15) is 95.3 Å². The Kier molecular flexibility index (Phi) is 8.49. The molecule has 0 aliphatic heterocycles. The highest BCUT2D eigenvalue weighted by Gasteiger charge is 2.25. The number of hydrogen-bond donors (Lipinski definition) is 0. The van der Waals surface area contributed by atoms with E-state index < -0.39 is 0 Å². The molecule has 32 heavy (non-hydrogen) atoms. The average Bonchev–Trinajstić information content (AvgIpc) is 2.81. The van der Waals surface area contributed by atoms with Crippen molar-refractivity contribution in [3.8, 4) is 11.5 Å². The molecule has 4 aliphatic carbocycles. The van der Waals surface area contributed by atoms with Crippen molar-refractivity contribution >= 4 is 11.6 Å². The largest absolute Gasteiger partial charge is 0.496 e. The van der Waals surface area contributed by atoms with Crippen molar-refractivity contribution in [1.29, 1.82) is 0 Å². The molecule has 2 aromatic carbocycles. The van der Waals surface area contributed by atoms with Crippen molar-refractivity contribution in [2.75, 3.05) is 14.2 Å². The summed E-state index contributed by atoms with van der Waals surface area (Å²) in [5, 5.41) is 0. The Bertz CT molecular complexity index is 894. The number of unbranched alkanes of at least 4 members (excludes halogenated alkanes) is 2. The Morgan fingerprint density at radius 1 is 0.656 bits per heavy atom. The molecule has 172 valence electrons. The quantitative estimate of drug-likeness (QED) is 0.408. The van der Waals surface area contributed by atoms with Gasteiger partial charge in [0.1, 0.15) is 11.5 Å². The van der Waals surface area contributed by atoms with Gasteiger partial charge in [-0.3, -0.25) is 9.59 Å². The van der Waals surface area contributed by atoms with Gasteiger partial charge in [-0.2, -0.15) is 0 Å². The zero-order valence-electron chi connectivity index (χ0n) is 20.0. The third-order valence-electron chi connectivity index (χ3n) is 6.46. The van der Waals surface area contributed by atoms with Crippen LogP contribution in [0.2, 0.25) is 0 Å². The molecule has 2 aromatic rings. The SMILES string of the molecule is CCCCC(=O)c1c2ccc(c1OC)CCc1ccc(c(OC)c1C(=O)CCCC)CC2. The fourth-order valence-electron chi connectivity index (χ4n) is 4.68. The van der Waals surface area contributed by atoms with Crippen LogP contribution < -0.4 is 9.47 Å². The Balaban J connectivity index is 2.09. The van der Waals surface area contributed by atoms with Gasteiger partial charge in [0.05, 0.1) is 25.3 Å². The van der Waals surface area contributed by atoms with E-state index in [1.165, 1.54) is 0 Å². The van der Waals surface area contributed by atoms with Gasteiger partial charge in [0.25, 0.3) is 0 Å². The van der Waals surface area contributed by atoms with E-state index in [9.17, 15) is 9.59 Å². The summed E-state index contributed by atoms with van der Waals surface area (Å²) in [4.78, 5) is 26.3. The van der Waals surface area contributed by atoms with Crippen LogP contribution in [0.3, 0.4) is 0 Å². The van der Waals surface area contributed by atoms with Crippen LogP contribution in [0, 0.1) is 0 Å². The summed E-state index contributed by atoms with van der Waals surface area (Å²) in [6.45, 7) is 4.20. The lowest BCUT2D eigenvalue weighted by molar-refractivity contribution is 0.0968. The third kappa shape index (κ3) is 5.06. The van der Waals surface area contributed by atoms with E-state index in [1.807, 2.05) is 0 Å². The highest BCUT2D eigenvalue weighted by Crippen LogP contribution is 2.36. The fraction of sp³-hybridized carbons (Fsp3) is 0.500. The maximum atomic E-state index is 13.1. The van der Waals surface area contributed by atoms with Crippen molar-refractivity contribution in [3.63, 3.8) is 0 Å². The summed E-state index contributed by atoms with van der Waals surface area (Å²) in [6.07, 6.45) is 7.61. The maximum Gasteiger partial charge on any atom is 0.166 e. The molecule has 0 N–H and O–H groups in total. The number of carbonyl (C=O) groups excluding carboxylic acids is 2. The first-order chi connectivity index (χ1) is 15.5. The zero-order valence-corrected chi connectivity index (χ0v) is 20.0. The van der Waals surface area contributed by atoms with Gasteiger partial charge in [0, 0.05) is 12.8 Å². The predicted molar refractivity (Wildman–Crippen MR) is 129 cm³/mol. The summed E-state index contributed by atoms with van der Waals surface area (Å²) in [6, 6.07) is 8.36. The van der Waals surface area contributed by atoms with E-state index in [0.717, 1.165) is 59.1 Å². The molecule has 4 heteroatoms. The van der Waals surface area contributed by atoms with E-state index in [4.69, 9.17) is 9.47 Å². The lowest BCUT2D eigenvalue weighted by Crippen LogP contribution is -2.14. The standard InChI is InChI=1S/C28H36O4/c1-5-7-9-23(29)25-19-11-15-21(27(25)31-3)18-14-20-12-16-22(17-13-19)28(32-4)26(20)24(30)10-8-6-2/h11-12,15-16H,5-10,13-14,17-18H2,1-4H3. The third-order valence-corrected chi connectivity index (χ3v) is 6.46. The van der Waals surface area contributed by atoms with Gasteiger partial charge in [0.15, 0.2) is 11.6 Å².